The molecule has 0 aliphatic carbocycles. The summed E-state index contributed by atoms with van der Waals surface area (Å²) in [7, 11) is 0. The van der Waals surface area contributed by atoms with Crippen LogP contribution >= 0.6 is 11.8 Å². The lowest BCUT2D eigenvalue weighted by molar-refractivity contribution is -0.147. The number of nitrogens with one attached hydrogen (secondary N) is 2. The van der Waals surface area contributed by atoms with E-state index in [1.165, 1.54) is 11.8 Å². The van der Waals surface area contributed by atoms with E-state index < -0.39 is 29.8 Å². The van der Waals surface area contributed by atoms with Gasteiger partial charge in [0.1, 0.15) is 5.25 Å². The second-order valence-corrected chi connectivity index (χ2v) is 6.43. The van der Waals surface area contributed by atoms with E-state index >= 15 is 0 Å². The molecule has 23 heavy (non-hydrogen) atoms. The van der Waals surface area contributed by atoms with Crippen molar-refractivity contribution in [3.63, 3.8) is 0 Å². The number of esters is 1. The van der Waals surface area contributed by atoms with Crippen LogP contribution in [0.15, 0.2) is 35.2 Å². The van der Waals surface area contributed by atoms with Crippen molar-refractivity contribution in [1.82, 2.24) is 10.6 Å². The second kappa shape index (κ2) is 9.89. The lowest BCUT2D eigenvalue weighted by atomic mass is 10.3. The molecular formula is C16H22N2O4S. The van der Waals surface area contributed by atoms with Gasteiger partial charge in [-0.3, -0.25) is 14.9 Å². The molecule has 1 aromatic rings. The second-order valence-electron chi connectivity index (χ2n) is 5.01. The van der Waals surface area contributed by atoms with Gasteiger partial charge in [0.05, 0.1) is 0 Å². The van der Waals surface area contributed by atoms with Gasteiger partial charge in [-0.15, -0.1) is 11.8 Å². The summed E-state index contributed by atoms with van der Waals surface area (Å²) in [6, 6.07) is 8.80. The van der Waals surface area contributed by atoms with Crippen molar-refractivity contribution in [1.29, 1.82) is 0 Å². The first-order valence-corrected chi connectivity index (χ1v) is 8.29. The largest absolute Gasteiger partial charge is 0.455 e. The average molecular weight is 338 g/mol. The number of carbonyl (C=O) groups is 3. The third-order valence-electron chi connectivity index (χ3n) is 2.98. The number of amides is 3. The number of thioether (sulfide) groups is 1. The van der Waals surface area contributed by atoms with Gasteiger partial charge in [-0.1, -0.05) is 25.1 Å². The van der Waals surface area contributed by atoms with Gasteiger partial charge in [0.15, 0.2) is 6.61 Å². The minimum absolute atomic E-state index is 0.0346. The Labute approximate surface area is 140 Å². The molecular weight excluding hydrogens is 316 g/mol. The minimum atomic E-state index is -0.656. The van der Waals surface area contributed by atoms with Crippen LogP contribution in [0.3, 0.4) is 0 Å². The Kier molecular flexibility index (Phi) is 8.18. The van der Waals surface area contributed by atoms with Crippen LogP contribution in [0.25, 0.3) is 0 Å². The van der Waals surface area contributed by atoms with Gasteiger partial charge in [-0.05, 0) is 32.4 Å². The van der Waals surface area contributed by atoms with Gasteiger partial charge < -0.3 is 10.1 Å². The first-order valence-electron chi connectivity index (χ1n) is 7.41. The van der Waals surface area contributed by atoms with Crippen molar-refractivity contribution >= 4 is 29.7 Å². The molecule has 7 heteroatoms. The summed E-state index contributed by atoms with van der Waals surface area (Å²) in [6.45, 7) is 4.97. The van der Waals surface area contributed by atoms with Gasteiger partial charge in [-0.2, -0.15) is 0 Å². The molecule has 0 saturated carbocycles. The van der Waals surface area contributed by atoms with Crippen molar-refractivity contribution in [3.05, 3.63) is 30.3 Å². The quantitative estimate of drug-likeness (QED) is 0.589. The summed E-state index contributed by atoms with van der Waals surface area (Å²) < 4.78 is 4.92. The van der Waals surface area contributed by atoms with Crippen LogP contribution in [-0.4, -0.2) is 35.8 Å². The number of ether oxygens (including phenoxy) is 1. The number of hydrogen-bond donors (Lipinski definition) is 2. The molecule has 126 valence electrons. The zero-order valence-electron chi connectivity index (χ0n) is 13.5. The fourth-order valence-corrected chi connectivity index (χ4v) is 2.42. The van der Waals surface area contributed by atoms with Gasteiger partial charge in [0.25, 0.3) is 5.91 Å². The standard InChI is InChI=1S/C16H22N2O4S/c1-4-11(2)17-16(21)18-14(19)10-22-15(20)12(3)23-13-8-6-5-7-9-13/h5-9,11-12H,4,10H2,1-3H3,(H2,17,18,19,21)/t11-,12+/m0/s1. The lowest BCUT2D eigenvalue weighted by Gasteiger charge is -2.13. The van der Waals surface area contributed by atoms with Crippen molar-refractivity contribution in [2.45, 2.75) is 43.4 Å². The molecule has 0 radical (unpaired) electrons. The summed E-state index contributed by atoms with van der Waals surface area (Å²) in [5.74, 6) is -1.16. The fraction of sp³-hybridized carbons (Fsp3) is 0.438. The highest BCUT2D eigenvalue weighted by molar-refractivity contribution is 8.00. The number of rotatable bonds is 7. The van der Waals surface area contributed by atoms with E-state index in [0.717, 1.165) is 11.3 Å². The monoisotopic (exact) mass is 338 g/mol. The normalized spacial score (nSPS) is 12.8. The summed E-state index contributed by atoms with van der Waals surface area (Å²) in [6.07, 6.45) is 0.755. The Morgan fingerprint density at radius 3 is 2.43 bits per heavy atom. The molecule has 2 N–H and O–H groups in total. The number of benzene rings is 1. The number of hydrogen-bond acceptors (Lipinski definition) is 5. The van der Waals surface area contributed by atoms with Gasteiger partial charge >= 0.3 is 12.0 Å². The van der Waals surface area contributed by atoms with E-state index in [4.69, 9.17) is 4.74 Å². The van der Waals surface area contributed by atoms with Crippen LogP contribution in [0.5, 0.6) is 0 Å². The summed E-state index contributed by atoms with van der Waals surface area (Å²) in [5.41, 5.74) is 0. The fourth-order valence-electron chi connectivity index (χ4n) is 1.53. The van der Waals surface area contributed by atoms with Crippen molar-refractivity contribution in [2.24, 2.45) is 0 Å². The molecule has 0 spiro atoms. The maximum Gasteiger partial charge on any atom is 0.321 e. The van der Waals surface area contributed by atoms with E-state index in [0.29, 0.717) is 0 Å². The Bertz CT molecular complexity index is 536. The Morgan fingerprint density at radius 1 is 1.17 bits per heavy atom. The van der Waals surface area contributed by atoms with Gasteiger partial charge in [0.2, 0.25) is 0 Å². The molecule has 0 aliphatic rings. The SMILES string of the molecule is CC[C@H](C)NC(=O)NC(=O)COC(=O)[C@@H](C)Sc1ccccc1. The summed E-state index contributed by atoms with van der Waals surface area (Å²) >= 11 is 1.34. The van der Waals surface area contributed by atoms with Gasteiger partial charge in [-0.25, -0.2) is 4.79 Å². The molecule has 0 heterocycles. The number of urea groups is 1. The molecule has 0 saturated heterocycles. The number of carbonyl (C=O) groups excluding carboxylic acids is 3. The third-order valence-corrected chi connectivity index (χ3v) is 4.07. The molecule has 0 aliphatic heterocycles. The molecule has 2 atom stereocenters. The molecule has 3 amide bonds. The topological polar surface area (TPSA) is 84.5 Å². The average Bonchev–Trinajstić information content (AvgIpc) is 2.53. The van der Waals surface area contributed by atoms with E-state index in [9.17, 15) is 14.4 Å². The summed E-state index contributed by atoms with van der Waals surface area (Å²) in [4.78, 5) is 35.8. The molecule has 0 bridgehead atoms. The first-order chi connectivity index (χ1) is 10.9. The highest BCUT2D eigenvalue weighted by Gasteiger charge is 2.18. The van der Waals surface area contributed by atoms with Crippen molar-refractivity contribution in [3.8, 4) is 0 Å². The van der Waals surface area contributed by atoms with Crippen LogP contribution < -0.4 is 10.6 Å². The van der Waals surface area contributed by atoms with Crippen molar-refractivity contribution < 1.29 is 19.1 Å². The van der Waals surface area contributed by atoms with E-state index in [1.54, 1.807) is 6.92 Å². The predicted octanol–water partition coefficient (Wildman–Crippen LogP) is 2.33. The van der Waals surface area contributed by atoms with E-state index in [-0.39, 0.29) is 6.04 Å². The van der Waals surface area contributed by atoms with Crippen LogP contribution in [-0.2, 0) is 14.3 Å². The Balaban J connectivity index is 2.31. The summed E-state index contributed by atoms with van der Waals surface area (Å²) in [5, 5.41) is 4.26. The highest BCUT2D eigenvalue weighted by atomic mass is 32.2. The predicted molar refractivity (Wildman–Crippen MR) is 89.1 cm³/mol. The van der Waals surface area contributed by atoms with E-state index in [2.05, 4.69) is 10.6 Å². The molecule has 0 aromatic heterocycles. The lowest BCUT2D eigenvalue weighted by Crippen LogP contribution is -2.44. The van der Waals surface area contributed by atoms with Crippen LogP contribution in [0.2, 0.25) is 0 Å². The van der Waals surface area contributed by atoms with Crippen LogP contribution in [0.4, 0.5) is 4.79 Å². The smallest absolute Gasteiger partial charge is 0.321 e. The van der Waals surface area contributed by atoms with E-state index in [1.807, 2.05) is 44.2 Å². The maximum absolute atomic E-state index is 11.8. The molecule has 6 nitrogen and oxygen atoms in total. The first kappa shape index (κ1) is 19.0. The van der Waals surface area contributed by atoms with Crippen molar-refractivity contribution in [2.75, 3.05) is 6.61 Å². The molecule has 1 rings (SSSR count). The van der Waals surface area contributed by atoms with Crippen LogP contribution in [0, 0.1) is 0 Å². The van der Waals surface area contributed by atoms with Gasteiger partial charge in [0, 0.05) is 10.9 Å². The highest BCUT2D eigenvalue weighted by Crippen LogP contribution is 2.23. The van der Waals surface area contributed by atoms with Crippen LogP contribution in [0.1, 0.15) is 27.2 Å². The zero-order valence-corrected chi connectivity index (χ0v) is 14.3. The molecule has 0 fully saturated rings. The number of imide groups is 1. The Hall–Kier alpha value is -2.02. The molecule has 1 aromatic carbocycles. The maximum atomic E-state index is 11.8. The zero-order chi connectivity index (χ0) is 17.2. The molecule has 0 unspecified atom stereocenters. The third kappa shape index (κ3) is 7.69. The Morgan fingerprint density at radius 2 is 1.83 bits per heavy atom. The minimum Gasteiger partial charge on any atom is -0.455 e.